The van der Waals surface area contributed by atoms with Crippen molar-refractivity contribution in [3.63, 3.8) is 0 Å². The van der Waals surface area contributed by atoms with Crippen LogP contribution in [0.5, 0.6) is 0 Å². The van der Waals surface area contributed by atoms with E-state index in [9.17, 15) is 8.78 Å². The molecule has 0 aliphatic rings. The van der Waals surface area contributed by atoms with Crippen LogP contribution in [0.4, 0.5) is 8.78 Å². The maximum absolute atomic E-state index is 12.5. The molecule has 52 valence electrons. The molecule has 4 heteroatoms. The van der Waals surface area contributed by atoms with E-state index in [0.717, 1.165) is 0 Å². The lowest BCUT2D eigenvalue weighted by Crippen LogP contribution is -1.77. The maximum Gasteiger partial charge on any atom is 0.206 e. The Hall–Kier alpha value is -0.770. The first-order valence-corrected chi connectivity index (χ1v) is 3.03. The normalized spacial score (nSPS) is 11.5. The first-order valence-electron chi connectivity index (χ1n) is 2.59. The fourth-order valence-electron chi connectivity index (χ4n) is 0.855. The Labute approximate surface area is 60.4 Å². The van der Waals surface area contributed by atoms with Gasteiger partial charge in [0.05, 0.1) is 4.90 Å². The van der Waals surface area contributed by atoms with Gasteiger partial charge >= 0.3 is 0 Å². The van der Waals surface area contributed by atoms with E-state index < -0.39 is 11.6 Å². The summed E-state index contributed by atoms with van der Waals surface area (Å²) < 4.78 is 29.6. The van der Waals surface area contributed by atoms with Gasteiger partial charge in [-0.05, 0) is 0 Å². The Morgan fingerprint density at radius 3 is 2.40 bits per heavy atom. The third-order valence-corrected chi connectivity index (χ3v) is 1.65. The van der Waals surface area contributed by atoms with Crippen LogP contribution >= 0.6 is 12.6 Å². The summed E-state index contributed by atoms with van der Waals surface area (Å²) >= 11 is 3.84. The predicted molar refractivity (Wildman–Crippen MR) is 34.6 cm³/mol. The summed E-state index contributed by atoms with van der Waals surface area (Å²) in [5.41, 5.74) is -0.173. The number of hydrogen-bond acceptors (Lipinski definition) is 2. The Balaban J connectivity index is 2.95. The fourth-order valence-corrected chi connectivity index (χ4v) is 1.12. The van der Waals surface area contributed by atoms with Crippen molar-refractivity contribution >= 4 is 23.8 Å². The van der Waals surface area contributed by atoms with E-state index in [2.05, 4.69) is 17.0 Å². The monoisotopic (exact) mass is 160 g/mol. The Kier molecular flexibility index (Phi) is 0.976. The number of thiol groups is 1. The fraction of sp³-hybridized carbons (Fsp3) is 0. The summed E-state index contributed by atoms with van der Waals surface area (Å²) in [6.45, 7) is 0. The molecule has 0 saturated carbocycles. The van der Waals surface area contributed by atoms with E-state index in [-0.39, 0.29) is 11.2 Å². The van der Waals surface area contributed by atoms with Crippen molar-refractivity contribution in [1.29, 1.82) is 0 Å². The van der Waals surface area contributed by atoms with Crippen LogP contribution in [0.1, 0.15) is 0 Å². The van der Waals surface area contributed by atoms with Gasteiger partial charge < -0.3 is 4.42 Å². The standard InChI is InChI=1S/C6H2F2OS/c7-4-2-1-3(10)6(9-2)5(4)8/h1,10H. The molecule has 0 aromatic carbocycles. The minimum atomic E-state index is -0.942. The third-order valence-electron chi connectivity index (χ3n) is 1.32. The molecule has 2 bridgehead atoms. The van der Waals surface area contributed by atoms with E-state index >= 15 is 0 Å². The van der Waals surface area contributed by atoms with E-state index in [1.54, 1.807) is 0 Å². The van der Waals surface area contributed by atoms with Crippen molar-refractivity contribution < 1.29 is 13.2 Å². The van der Waals surface area contributed by atoms with Gasteiger partial charge in [-0.2, -0.15) is 8.78 Å². The molecule has 2 aromatic heterocycles. The number of hydrogen-bond donors (Lipinski definition) is 1. The molecule has 0 aliphatic heterocycles. The molecular weight excluding hydrogens is 158 g/mol. The zero-order valence-corrected chi connectivity index (χ0v) is 5.58. The van der Waals surface area contributed by atoms with Gasteiger partial charge in [-0.1, -0.05) is 0 Å². The van der Waals surface area contributed by atoms with Crippen LogP contribution in [-0.2, 0) is 0 Å². The van der Waals surface area contributed by atoms with Crippen LogP contribution in [0, 0.1) is 11.6 Å². The van der Waals surface area contributed by atoms with Crippen LogP contribution in [0.3, 0.4) is 0 Å². The molecule has 1 nitrogen and oxygen atoms in total. The van der Waals surface area contributed by atoms with Crippen LogP contribution in [0.2, 0.25) is 0 Å². The molecule has 0 saturated heterocycles. The summed E-state index contributed by atoms with van der Waals surface area (Å²) in [6, 6.07) is 1.34. The summed E-state index contributed by atoms with van der Waals surface area (Å²) in [7, 11) is 0. The predicted octanol–water partition coefficient (Wildman–Crippen LogP) is 2.44. The van der Waals surface area contributed by atoms with E-state index in [0.29, 0.717) is 4.90 Å². The highest BCUT2D eigenvalue weighted by Crippen LogP contribution is 2.31. The molecule has 0 radical (unpaired) electrons. The zero-order chi connectivity index (χ0) is 7.30. The van der Waals surface area contributed by atoms with Crippen molar-refractivity contribution in [2.24, 2.45) is 0 Å². The van der Waals surface area contributed by atoms with Crippen molar-refractivity contribution in [2.75, 3.05) is 0 Å². The summed E-state index contributed by atoms with van der Waals surface area (Å²) in [5.74, 6) is -1.87. The molecule has 0 spiro atoms. The number of furan rings is 2. The summed E-state index contributed by atoms with van der Waals surface area (Å²) in [6.07, 6.45) is 0. The van der Waals surface area contributed by atoms with Crippen LogP contribution < -0.4 is 0 Å². The molecule has 2 rings (SSSR count). The molecule has 2 heterocycles. The lowest BCUT2D eigenvalue weighted by Gasteiger charge is -1.84. The zero-order valence-electron chi connectivity index (χ0n) is 4.69. The van der Waals surface area contributed by atoms with Crippen molar-refractivity contribution in [3.05, 3.63) is 17.7 Å². The Morgan fingerprint density at radius 2 is 2.00 bits per heavy atom. The van der Waals surface area contributed by atoms with Crippen LogP contribution in [0.15, 0.2) is 15.4 Å². The number of rotatable bonds is 0. The van der Waals surface area contributed by atoms with Gasteiger partial charge in [-0.15, -0.1) is 12.6 Å². The highest BCUT2D eigenvalue weighted by atomic mass is 32.1. The van der Waals surface area contributed by atoms with Crippen molar-refractivity contribution in [2.45, 2.75) is 4.90 Å². The lowest BCUT2D eigenvalue weighted by molar-refractivity contribution is 0.526. The molecule has 0 fully saturated rings. The largest absolute Gasteiger partial charge is 0.450 e. The Morgan fingerprint density at radius 1 is 1.30 bits per heavy atom. The quantitative estimate of drug-likeness (QED) is 0.584. The lowest BCUT2D eigenvalue weighted by atomic mass is 10.3. The highest BCUT2D eigenvalue weighted by Gasteiger charge is 2.19. The van der Waals surface area contributed by atoms with Crippen molar-refractivity contribution in [1.82, 2.24) is 0 Å². The van der Waals surface area contributed by atoms with Gasteiger partial charge in [0.15, 0.2) is 11.2 Å². The Bertz CT molecular complexity index is 368. The second-order valence-electron chi connectivity index (χ2n) is 1.95. The minimum Gasteiger partial charge on any atom is -0.450 e. The second kappa shape index (κ2) is 1.63. The minimum absolute atomic E-state index is 0.0718. The molecule has 10 heavy (non-hydrogen) atoms. The highest BCUT2D eigenvalue weighted by molar-refractivity contribution is 7.80. The molecule has 0 N–H and O–H groups in total. The van der Waals surface area contributed by atoms with Gasteiger partial charge in [0, 0.05) is 6.07 Å². The van der Waals surface area contributed by atoms with Crippen LogP contribution in [-0.4, -0.2) is 0 Å². The molecule has 2 aromatic rings. The first-order chi connectivity index (χ1) is 4.70. The number of benzene rings is 1. The molecule has 0 aliphatic carbocycles. The average molecular weight is 160 g/mol. The SMILES string of the molecule is Fc1c(F)c2oc1cc2S. The van der Waals surface area contributed by atoms with E-state index in [1.165, 1.54) is 6.07 Å². The first kappa shape index (κ1) is 5.97. The maximum atomic E-state index is 12.5. The summed E-state index contributed by atoms with van der Waals surface area (Å²) in [5, 5.41) is 0. The van der Waals surface area contributed by atoms with Crippen molar-refractivity contribution in [3.8, 4) is 0 Å². The van der Waals surface area contributed by atoms with Crippen LogP contribution in [0.25, 0.3) is 11.2 Å². The smallest absolute Gasteiger partial charge is 0.206 e. The average Bonchev–Trinajstić information content (AvgIpc) is 2.36. The van der Waals surface area contributed by atoms with Gasteiger partial charge in [-0.25, -0.2) is 0 Å². The molecule has 0 unspecified atom stereocenters. The third kappa shape index (κ3) is 0.520. The topological polar surface area (TPSA) is 13.1 Å². The molecular formula is C6H2F2OS. The number of halogens is 2. The van der Waals surface area contributed by atoms with E-state index in [4.69, 9.17) is 0 Å². The van der Waals surface area contributed by atoms with Gasteiger partial charge in [0.2, 0.25) is 11.6 Å². The van der Waals surface area contributed by atoms with E-state index in [1.807, 2.05) is 0 Å². The summed E-state index contributed by atoms with van der Waals surface area (Å²) in [4.78, 5) is 0.342. The number of fused-ring (bicyclic) bond motifs is 2. The second-order valence-corrected chi connectivity index (χ2v) is 2.43. The van der Waals surface area contributed by atoms with Gasteiger partial charge in [-0.3, -0.25) is 0 Å². The van der Waals surface area contributed by atoms with Gasteiger partial charge in [0.1, 0.15) is 0 Å². The molecule has 0 atom stereocenters. The molecule has 0 amide bonds. The van der Waals surface area contributed by atoms with Gasteiger partial charge in [0.25, 0.3) is 0 Å².